The summed E-state index contributed by atoms with van der Waals surface area (Å²) in [6, 6.07) is 0. The number of hydrogen-bond donors (Lipinski definition) is 1. The van der Waals surface area contributed by atoms with Crippen LogP contribution in [0.5, 0.6) is 0 Å². The Morgan fingerprint density at radius 2 is 2.36 bits per heavy atom. The second-order valence-corrected chi connectivity index (χ2v) is 3.61. The van der Waals surface area contributed by atoms with E-state index < -0.39 is 0 Å². The number of nitrogens with one attached hydrogen (secondary N) is 1. The maximum Gasteiger partial charge on any atom is 0.235 e. The Morgan fingerprint density at radius 3 is 3.29 bits per heavy atom. The number of rotatable bonds is 0. The quantitative estimate of drug-likeness (QED) is 0.669. The molecule has 0 saturated carbocycles. The van der Waals surface area contributed by atoms with Gasteiger partial charge in [0.15, 0.2) is 0 Å². The van der Waals surface area contributed by atoms with Crippen molar-refractivity contribution in [1.82, 2.24) is 9.55 Å². The summed E-state index contributed by atoms with van der Waals surface area (Å²) in [7, 11) is 0. The van der Waals surface area contributed by atoms with E-state index in [1.54, 1.807) is 4.57 Å². The Balaban J connectivity index is 2.22. The molecule has 0 unspecified atom stereocenters. The molecular weight excluding hydrogens is 178 g/mol. The lowest BCUT2D eigenvalue weighted by Crippen LogP contribution is -2.26. The Morgan fingerprint density at radius 1 is 1.43 bits per heavy atom. The molecule has 4 heteroatoms. The predicted octanol–water partition coefficient (Wildman–Crippen LogP) is 1.30. The highest BCUT2D eigenvalue weighted by atomic mass is 16.2. The number of carbonyl (C=O) groups excluding carboxylic acids is 1. The zero-order valence-corrected chi connectivity index (χ0v) is 7.79. The van der Waals surface area contributed by atoms with Gasteiger partial charge in [-0.1, -0.05) is 6.08 Å². The minimum Gasteiger partial charge on any atom is -0.355 e. The molecule has 14 heavy (non-hydrogen) atoms. The molecule has 0 fully saturated rings. The summed E-state index contributed by atoms with van der Waals surface area (Å²) in [5, 5.41) is 3.15. The van der Waals surface area contributed by atoms with Crippen LogP contribution in [0.25, 0.3) is 6.08 Å². The molecule has 2 aliphatic rings. The second-order valence-electron chi connectivity index (χ2n) is 3.61. The summed E-state index contributed by atoms with van der Waals surface area (Å²) >= 11 is 0. The van der Waals surface area contributed by atoms with E-state index in [1.807, 2.05) is 6.08 Å². The summed E-state index contributed by atoms with van der Waals surface area (Å²) in [4.78, 5) is 16.1. The van der Waals surface area contributed by atoms with Crippen LogP contribution in [0, 0.1) is 0 Å². The smallest absolute Gasteiger partial charge is 0.235 e. The van der Waals surface area contributed by atoms with E-state index >= 15 is 0 Å². The Kier molecular flexibility index (Phi) is 1.50. The lowest BCUT2D eigenvalue weighted by atomic mass is 10.1. The highest BCUT2D eigenvalue weighted by Crippen LogP contribution is 2.25. The first kappa shape index (κ1) is 7.79. The van der Waals surface area contributed by atoms with Gasteiger partial charge in [0, 0.05) is 13.0 Å². The van der Waals surface area contributed by atoms with Gasteiger partial charge in [-0.25, -0.2) is 4.98 Å². The van der Waals surface area contributed by atoms with Crippen LogP contribution < -0.4 is 5.32 Å². The van der Waals surface area contributed by atoms with Crippen molar-refractivity contribution in [2.24, 2.45) is 0 Å². The molecule has 3 rings (SSSR count). The Hall–Kier alpha value is -1.58. The molecule has 1 aliphatic heterocycles. The van der Waals surface area contributed by atoms with Gasteiger partial charge >= 0.3 is 0 Å². The minimum absolute atomic E-state index is 0.169. The summed E-state index contributed by atoms with van der Waals surface area (Å²) in [5.74, 6) is 0.889. The molecule has 1 aliphatic carbocycles. The molecule has 0 bridgehead atoms. The van der Waals surface area contributed by atoms with Gasteiger partial charge in [0.1, 0.15) is 0 Å². The molecule has 72 valence electrons. The summed E-state index contributed by atoms with van der Waals surface area (Å²) in [5.41, 5.74) is 2.02. The van der Waals surface area contributed by atoms with Gasteiger partial charge < -0.3 is 5.32 Å². The fourth-order valence-corrected chi connectivity index (χ4v) is 2.04. The van der Waals surface area contributed by atoms with Crippen molar-refractivity contribution in [3.8, 4) is 0 Å². The first-order valence-electron chi connectivity index (χ1n) is 4.91. The molecule has 0 amide bonds. The van der Waals surface area contributed by atoms with Crippen molar-refractivity contribution in [2.45, 2.75) is 19.3 Å². The van der Waals surface area contributed by atoms with Crippen LogP contribution in [-0.2, 0) is 6.42 Å². The number of fused-ring (bicyclic) bond motifs is 3. The van der Waals surface area contributed by atoms with Crippen molar-refractivity contribution in [3.63, 3.8) is 0 Å². The topological polar surface area (TPSA) is 46.9 Å². The number of anilines is 1. The van der Waals surface area contributed by atoms with E-state index in [1.165, 1.54) is 0 Å². The van der Waals surface area contributed by atoms with Crippen LogP contribution >= 0.6 is 0 Å². The molecule has 0 spiro atoms. The van der Waals surface area contributed by atoms with E-state index in [0.29, 0.717) is 13.0 Å². The maximum absolute atomic E-state index is 11.7. The van der Waals surface area contributed by atoms with Crippen LogP contribution in [-0.4, -0.2) is 22.0 Å². The zero-order chi connectivity index (χ0) is 9.54. The van der Waals surface area contributed by atoms with Crippen molar-refractivity contribution in [2.75, 3.05) is 11.9 Å². The van der Waals surface area contributed by atoms with Crippen LogP contribution in [0.3, 0.4) is 0 Å². The average Bonchev–Trinajstić information content (AvgIpc) is 2.57. The Bertz CT molecular complexity index is 431. The predicted molar refractivity (Wildman–Crippen MR) is 53.3 cm³/mol. The largest absolute Gasteiger partial charge is 0.355 e. The summed E-state index contributed by atoms with van der Waals surface area (Å²) < 4.78 is 1.74. The fourth-order valence-electron chi connectivity index (χ4n) is 2.04. The van der Waals surface area contributed by atoms with Crippen molar-refractivity contribution >= 4 is 17.9 Å². The molecule has 0 atom stereocenters. The van der Waals surface area contributed by atoms with E-state index in [0.717, 1.165) is 30.2 Å². The van der Waals surface area contributed by atoms with Gasteiger partial charge in [-0.3, -0.25) is 9.36 Å². The van der Waals surface area contributed by atoms with Gasteiger partial charge in [-0.15, -0.1) is 0 Å². The van der Waals surface area contributed by atoms with Gasteiger partial charge in [-0.05, 0) is 18.9 Å². The van der Waals surface area contributed by atoms with Crippen LogP contribution in [0.15, 0.2) is 6.08 Å². The molecular formula is C10H11N3O. The first-order chi connectivity index (χ1) is 6.86. The number of nitrogens with zero attached hydrogens (tertiary/aromatic N) is 2. The fraction of sp³-hybridized carbons (Fsp3) is 0.400. The lowest BCUT2D eigenvalue weighted by Gasteiger charge is -2.16. The molecule has 0 saturated heterocycles. The molecule has 1 N–H and O–H groups in total. The zero-order valence-electron chi connectivity index (χ0n) is 7.79. The monoisotopic (exact) mass is 189 g/mol. The number of hydrogen-bond acceptors (Lipinski definition) is 3. The highest BCUT2D eigenvalue weighted by Gasteiger charge is 2.24. The lowest BCUT2D eigenvalue weighted by molar-refractivity contribution is 0.0899. The summed E-state index contributed by atoms with van der Waals surface area (Å²) in [6.45, 7) is 0.707. The third kappa shape index (κ3) is 0.937. The average molecular weight is 189 g/mol. The molecule has 0 aromatic carbocycles. The number of aromatic nitrogens is 2. The first-order valence-corrected chi connectivity index (χ1v) is 4.91. The van der Waals surface area contributed by atoms with E-state index in [4.69, 9.17) is 0 Å². The molecule has 2 heterocycles. The van der Waals surface area contributed by atoms with Crippen molar-refractivity contribution in [3.05, 3.63) is 17.5 Å². The van der Waals surface area contributed by atoms with Crippen LogP contribution in [0.4, 0.5) is 5.95 Å². The van der Waals surface area contributed by atoms with Crippen LogP contribution in [0.2, 0.25) is 0 Å². The van der Waals surface area contributed by atoms with E-state index in [-0.39, 0.29) is 5.91 Å². The Labute approximate surface area is 81.6 Å². The molecule has 0 radical (unpaired) electrons. The number of imidazole rings is 1. The molecule has 1 aromatic heterocycles. The third-order valence-electron chi connectivity index (χ3n) is 2.70. The standard InChI is InChI=1S/C10H11N3O/c14-9-5-6-11-10-12-7-3-1-2-4-8(7)13(9)10/h1,3H,2,4-6H2,(H,11,12). The van der Waals surface area contributed by atoms with Crippen molar-refractivity contribution < 1.29 is 4.79 Å². The highest BCUT2D eigenvalue weighted by molar-refractivity contribution is 5.86. The van der Waals surface area contributed by atoms with Crippen molar-refractivity contribution in [1.29, 1.82) is 0 Å². The molecule has 4 nitrogen and oxygen atoms in total. The van der Waals surface area contributed by atoms with Gasteiger partial charge in [-0.2, -0.15) is 0 Å². The van der Waals surface area contributed by atoms with Crippen LogP contribution in [0.1, 0.15) is 29.0 Å². The maximum atomic E-state index is 11.7. The summed E-state index contributed by atoms with van der Waals surface area (Å²) in [6.07, 6.45) is 6.60. The van der Waals surface area contributed by atoms with Gasteiger partial charge in [0.25, 0.3) is 0 Å². The third-order valence-corrected chi connectivity index (χ3v) is 2.70. The second kappa shape index (κ2) is 2.70. The number of carbonyl (C=O) groups is 1. The van der Waals surface area contributed by atoms with Gasteiger partial charge in [0.2, 0.25) is 11.9 Å². The SMILES string of the molecule is O=C1CCNc2nc3c(n21)CCC=C3. The molecule has 1 aromatic rings. The van der Waals surface area contributed by atoms with E-state index in [2.05, 4.69) is 16.4 Å². The normalized spacial score (nSPS) is 18.7. The number of allylic oxidation sites excluding steroid dienone is 1. The minimum atomic E-state index is 0.169. The van der Waals surface area contributed by atoms with Gasteiger partial charge in [0.05, 0.1) is 11.4 Å². The van der Waals surface area contributed by atoms with E-state index in [9.17, 15) is 4.79 Å².